The molecular weight excluding hydrogens is 256 g/mol. The summed E-state index contributed by atoms with van der Waals surface area (Å²) in [6.07, 6.45) is 0. The van der Waals surface area contributed by atoms with E-state index in [0.29, 0.717) is 12.0 Å². The number of ether oxygens (including phenoxy) is 1. The van der Waals surface area contributed by atoms with Gasteiger partial charge in [-0.3, -0.25) is 0 Å². The molecule has 2 heterocycles. The molecule has 0 bridgehead atoms. The maximum absolute atomic E-state index is 6.36. The quantitative estimate of drug-likeness (QED) is 0.856. The van der Waals surface area contributed by atoms with Crippen molar-refractivity contribution in [2.45, 2.75) is 51.9 Å². The molecule has 0 aliphatic carbocycles. The van der Waals surface area contributed by atoms with Crippen molar-refractivity contribution in [1.29, 1.82) is 0 Å². The highest BCUT2D eigenvalue weighted by Crippen LogP contribution is 2.42. The summed E-state index contributed by atoms with van der Waals surface area (Å²) >= 11 is 2.08. The lowest BCUT2D eigenvalue weighted by atomic mass is 9.82. The van der Waals surface area contributed by atoms with Crippen molar-refractivity contribution in [2.24, 2.45) is 5.92 Å². The van der Waals surface area contributed by atoms with E-state index in [1.807, 2.05) is 0 Å². The molecule has 1 N–H and O–H groups in total. The van der Waals surface area contributed by atoms with E-state index in [0.717, 1.165) is 13.1 Å². The molecule has 0 saturated carbocycles. The van der Waals surface area contributed by atoms with Gasteiger partial charge in [-0.05, 0) is 34.2 Å². The van der Waals surface area contributed by atoms with Crippen LogP contribution in [-0.4, -0.2) is 59.8 Å². The van der Waals surface area contributed by atoms with Gasteiger partial charge in [-0.15, -0.1) is 0 Å². The summed E-state index contributed by atoms with van der Waals surface area (Å²) in [6.45, 7) is 15.8. The molecule has 0 spiro atoms. The van der Waals surface area contributed by atoms with Crippen molar-refractivity contribution < 1.29 is 4.74 Å². The third kappa shape index (κ3) is 3.46. The van der Waals surface area contributed by atoms with Gasteiger partial charge in [0.1, 0.15) is 0 Å². The normalized spacial score (nSPS) is 34.6. The van der Waals surface area contributed by atoms with Gasteiger partial charge in [-0.2, -0.15) is 11.8 Å². The zero-order valence-corrected chi connectivity index (χ0v) is 14.0. The maximum atomic E-state index is 6.36. The minimum Gasteiger partial charge on any atom is -0.368 e. The van der Waals surface area contributed by atoms with Crippen LogP contribution >= 0.6 is 11.8 Å². The summed E-state index contributed by atoms with van der Waals surface area (Å²) in [5.74, 6) is 3.12. The van der Waals surface area contributed by atoms with Crippen molar-refractivity contribution in [1.82, 2.24) is 10.2 Å². The Morgan fingerprint density at radius 2 is 1.79 bits per heavy atom. The van der Waals surface area contributed by atoms with Crippen LogP contribution in [0.15, 0.2) is 0 Å². The van der Waals surface area contributed by atoms with Gasteiger partial charge < -0.3 is 15.0 Å². The van der Waals surface area contributed by atoms with Crippen molar-refractivity contribution in [3.05, 3.63) is 0 Å². The molecule has 2 aliphatic heterocycles. The molecule has 112 valence electrons. The molecule has 2 rings (SSSR count). The van der Waals surface area contributed by atoms with E-state index < -0.39 is 0 Å². The standard InChI is InChI=1S/C15H30N2OS/c1-6-16-13-12(11-17-7-9-19-10-8-17)14(2,3)18-15(13,4)5/h12-13,16H,6-11H2,1-5H3. The Hall–Kier alpha value is 0.230. The van der Waals surface area contributed by atoms with Crippen LogP contribution in [0.2, 0.25) is 0 Å². The van der Waals surface area contributed by atoms with E-state index in [1.54, 1.807) is 0 Å². The summed E-state index contributed by atoms with van der Waals surface area (Å²) in [5, 5.41) is 3.67. The smallest absolute Gasteiger partial charge is 0.0790 e. The van der Waals surface area contributed by atoms with Gasteiger partial charge in [0.15, 0.2) is 0 Å². The lowest BCUT2D eigenvalue weighted by Crippen LogP contribution is -2.51. The molecule has 0 aromatic heterocycles. The average Bonchev–Trinajstić information content (AvgIpc) is 2.49. The fourth-order valence-corrected chi connectivity index (χ4v) is 4.68. The molecule has 4 heteroatoms. The number of nitrogens with zero attached hydrogens (tertiary/aromatic N) is 1. The van der Waals surface area contributed by atoms with Crippen LogP contribution in [0, 0.1) is 5.92 Å². The zero-order valence-electron chi connectivity index (χ0n) is 13.2. The Bertz CT molecular complexity index is 301. The van der Waals surface area contributed by atoms with Crippen LogP contribution in [0.1, 0.15) is 34.6 Å². The van der Waals surface area contributed by atoms with Gasteiger partial charge in [-0.25, -0.2) is 0 Å². The monoisotopic (exact) mass is 286 g/mol. The predicted octanol–water partition coefficient (Wildman–Crippen LogP) is 2.22. The molecule has 2 saturated heterocycles. The first kappa shape index (κ1) is 15.6. The summed E-state index contributed by atoms with van der Waals surface area (Å²) in [4.78, 5) is 2.62. The van der Waals surface area contributed by atoms with E-state index in [1.165, 1.54) is 24.6 Å². The Morgan fingerprint density at radius 1 is 1.16 bits per heavy atom. The molecule has 0 radical (unpaired) electrons. The summed E-state index contributed by atoms with van der Waals surface area (Å²) in [7, 11) is 0. The SMILES string of the molecule is CCNC1C(CN2CCSCC2)C(C)(C)OC1(C)C. The van der Waals surface area contributed by atoms with Crippen molar-refractivity contribution in [2.75, 3.05) is 37.7 Å². The number of likely N-dealkylation sites (N-methyl/N-ethyl adjacent to an activating group) is 1. The van der Waals surface area contributed by atoms with Gasteiger partial charge in [0.2, 0.25) is 0 Å². The maximum Gasteiger partial charge on any atom is 0.0790 e. The second-order valence-corrected chi connectivity index (χ2v) is 8.09. The van der Waals surface area contributed by atoms with Gasteiger partial charge in [-0.1, -0.05) is 6.92 Å². The highest BCUT2D eigenvalue weighted by atomic mass is 32.2. The largest absolute Gasteiger partial charge is 0.368 e. The molecule has 0 aromatic rings. The van der Waals surface area contributed by atoms with Crippen LogP contribution < -0.4 is 5.32 Å². The third-order valence-corrected chi connectivity index (χ3v) is 5.50. The first-order chi connectivity index (χ1) is 8.87. The number of rotatable bonds is 4. The predicted molar refractivity (Wildman–Crippen MR) is 84.0 cm³/mol. The fourth-order valence-electron chi connectivity index (χ4n) is 3.70. The molecule has 3 nitrogen and oxygen atoms in total. The third-order valence-electron chi connectivity index (χ3n) is 4.55. The Morgan fingerprint density at radius 3 is 2.37 bits per heavy atom. The van der Waals surface area contributed by atoms with E-state index in [-0.39, 0.29) is 11.2 Å². The number of thioether (sulfide) groups is 1. The highest BCUT2D eigenvalue weighted by molar-refractivity contribution is 7.99. The molecular formula is C15H30N2OS. The minimum atomic E-state index is -0.0747. The van der Waals surface area contributed by atoms with Crippen LogP contribution in [0.5, 0.6) is 0 Å². The number of hydrogen-bond donors (Lipinski definition) is 1. The van der Waals surface area contributed by atoms with Gasteiger partial charge in [0.25, 0.3) is 0 Å². The first-order valence-electron chi connectivity index (χ1n) is 7.60. The summed E-state index contributed by atoms with van der Waals surface area (Å²) < 4.78 is 6.36. The van der Waals surface area contributed by atoms with Crippen LogP contribution in [0.4, 0.5) is 0 Å². The fraction of sp³-hybridized carbons (Fsp3) is 1.00. The second-order valence-electron chi connectivity index (χ2n) is 6.86. The van der Waals surface area contributed by atoms with Crippen molar-refractivity contribution in [3.8, 4) is 0 Å². The molecule has 2 aliphatic rings. The molecule has 2 fully saturated rings. The Balaban J connectivity index is 2.09. The van der Waals surface area contributed by atoms with E-state index in [9.17, 15) is 0 Å². The van der Waals surface area contributed by atoms with Gasteiger partial charge in [0, 0.05) is 43.1 Å². The van der Waals surface area contributed by atoms with Crippen molar-refractivity contribution in [3.63, 3.8) is 0 Å². The van der Waals surface area contributed by atoms with E-state index in [2.05, 4.69) is 56.6 Å². The lowest BCUT2D eigenvalue weighted by molar-refractivity contribution is -0.0794. The highest BCUT2D eigenvalue weighted by Gasteiger charge is 2.53. The van der Waals surface area contributed by atoms with Crippen LogP contribution in [0.25, 0.3) is 0 Å². The Labute approximate surface area is 122 Å². The molecule has 19 heavy (non-hydrogen) atoms. The molecule has 2 unspecified atom stereocenters. The summed E-state index contributed by atoms with van der Waals surface area (Å²) in [5.41, 5.74) is -0.115. The number of hydrogen-bond acceptors (Lipinski definition) is 4. The molecule has 0 aromatic carbocycles. The lowest BCUT2D eigenvalue weighted by Gasteiger charge is -2.36. The van der Waals surface area contributed by atoms with Gasteiger partial charge >= 0.3 is 0 Å². The van der Waals surface area contributed by atoms with Crippen molar-refractivity contribution >= 4 is 11.8 Å². The Kier molecular flexibility index (Phi) is 4.87. The second kappa shape index (κ2) is 5.92. The van der Waals surface area contributed by atoms with Gasteiger partial charge in [0.05, 0.1) is 11.2 Å². The number of nitrogens with one attached hydrogen (secondary N) is 1. The molecule has 2 atom stereocenters. The molecule has 0 amide bonds. The van der Waals surface area contributed by atoms with E-state index >= 15 is 0 Å². The van der Waals surface area contributed by atoms with Crippen LogP contribution in [-0.2, 0) is 4.74 Å². The van der Waals surface area contributed by atoms with E-state index in [4.69, 9.17) is 4.74 Å². The average molecular weight is 286 g/mol. The minimum absolute atomic E-state index is 0.0407. The first-order valence-corrected chi connectivity index (χ1v) is 8.76. The summed E-state index contributed by atoms with van der Waals surface area (Å²) in [6, 6.07) is 0.446. The van der Waals surface area contributed by atoms with Crippen LogP contribution in [0.3, 0.4) is 0 Å². The zero-order chi connectivity index (χ0) is 14.1. The topological polar surface area (TPSA) is 24.5 Å².